The highest BCUT2D eigenvalue weighted by atomic mass is 19.4. The molecule has 3 amide bonds. The highest BCUT2D eigenvalue weighted by Crippen LogP contribution is 2.30. The van der Waals surface area contributed by atoms with E-state index in [1.165, 1.54) is 36.6 Å². The summed E-state index contributed by atoms with van der Waals surface area (Å²) in [5, 5.41) is 10.8. The average Bonchev–Trinajstić information content (AvgIpc) is 3.44. The van der Waals surface area contributed by atoms with E-state index in [0.29, 0.717) is 22.7 Å². The number of halogens is 3. The van der Waals surface area contributed by atoms with Gasteiger partial charge in [0.05, 0.1) is 24.9 Å². The molecule has 4 aromatic rings. The number of nitrogens with one attached hydrogen (secondary N) is 4. The lowest BCUT2D eigenvalue weighted by atomic mass is 10.1. The number of alkyl halides is 3. The van der Waals surface area contributed by atoms with Crippen molar-refractivity contribution in [3.63, 3.8) is 0 Å². The number of benzene rings is 3. The van der Waals surface area contributed by atoms with Gasteiger partial charge in [-0.05, 0) is 66.7 Å². The van der Waals surface area contributed by atoms with Gasteiger partial charge in [-0.3, -0.25) is 14.4 Å². The summed E-state index contributed by atoms with van der Waals surface area (Å²) in [5.74, 6) is -0.733. The fourth-order valence-electron chi connectivity index (χ4n) is 3.56. The number of rotatable bonds is 9. The highest BCUT2D eigenvalue weighted by molar-refractivity contribution is 6.05. The Hall–Kier alpha value is -5.06. The van der Waals surface area contributed by atoms with E-state index in [2.05, 4.69) is 21.3 Å². The van der Waals surface area contributed by atoms with Gasteiger partial charge in [0.2, 0.25) is 5.91 Å². The third-order valence-corrected chi connectivity index (χ3v) is 5.44. The third kappa shape index (κ3) is 7.71. The summed E-state index contributed by atoms with van der Waals surface area (Å²) in [7, 11) is 0. The first kappa shape index (κ1) is 27.0. The minimum atomic E-state index is -4.53. The fourth-order valence-corrected chi connectivity index (χ4v) is 3.56. The van der Waals surface area contributed by atoms with Gasteiger partial charge < -0.3 is 25.7 Å². The summed E-state index contributed by atoms with van der Waals surface area (Å²) in [6.07, 6.45) is -3.02. The minimum Gasteiger partial charge on any atom is -0.467 e. The molecule has 0 saturated carbocycles. The summed E-state index contributed by atoms with van der Waals surface area (Å²) in [6.45, 7) is 0.0803. The quantitative estimate of drug-likeness (QED) is 0.225. The van der Waals surface area contributed by atoms with Gasteiger partial charge in [0.25, 0.3) is 11.8 Å². The maximum atomic E-state index is 12.9. The van der Waals surface area contributed by atoms with E-state index < -0.39 is 23.6 Å². The Balaban J connectivity index is 1.30. The second-order valence-corrected chi connectivity index (χ2v) is 8.36. The van der Waals surface area contributed by atoms with Gasteiger partial charge in [-0.1, -0.05) is 18.2 Å². The molecule has 0 spiro atoms. The maximum Gasteiger partial charge on any atom is 0.416 e. The molecular weight excluding hydrogens is 513 g/mol. The molecule has 0 radical (unpaired) electrons. The Morgan fingerprint density at radius 3 is 2.05 bits per heavy atom. The SMILES string of the molecule is O=C(CNc1cccc(C(=O)Nc2cccc(C(F)(F)F)c2)c1)Nc1cccc(C(=O)NCc2ccco2)c1. The van der Waals surface area contributed by atoms with Crippen molar-refractivity contribution in [1.82, 2.24) is 5.32 Å². The Morgan fingerprint density at radius 1 is 0.718 bits per heavy atom. The number of amides is 3. The number of anilines is 3. The first-order valence-electron chi connectivity index (χ1n) is 11.7. The molecule has 0 aliphatic carbocycles. The molecule has 1 heterocycles. The smallest absolute Gasteiger partial charge is 0.416 e. The van der Waals surface area contributed by atoms with E-state index in [4.69, 9.17) is 4.42 Å². The molecule has 4 rings (SSSR count). The largest absolute Gasteiger partial charge is 0.467 e. The van der Waals surface area contributed by atoms with Crippen LogP contribution in [-0.2, 0) is 17.5 Å². The van der Waals surface area contributed by atoms with Gasteiger partial charge in [0.15, 0.2) is 0 Å². The maximum absolute atomic E-state index is 12.9. The van der Waals surface area contributed by atoms with Crippen molar-refractivity contribution in [1.29, 1.82) is 0 Å². The van der Waals surface area contributed by atoms with E-state index in [1.807, 2.05) is 0 Å². The minimum absolute atomic E-state index is 0.00411. The second-order valence-electron chi connectivity index (χ2n) is 8.36. The highest BCUT2D eigenvalue weighted by Gasteiger charge is 2.30. The second kappa shape index (κ2) is 12.0. The number of furan rings is 1. The average molecular weight is 537 g/mol. The monoisotopic (exact) mass is 536 g/mol. The molecule has 0 saturated heterocycles. The first-order valence-corrected chi connectivity index (χ1v) is 11.7. The molecular formula is C28H23F3N4O4. The van der Waals surface area contributed by atoms with Gasteiger partial charge in [0.1, 0.15) is 5.76 Å². The molecule has 3 aromatic carbocycles. The Morgan fingerprint density at radius 2 is 1.36 bits per heavy atom. The molecule has 0 unspecified atom stereocenters. The molecule has 0 aliphatic rings. The molecule has 8 nitrogen and oxygen atoms in total. The molecule has 1 aromatic heterocycles. The van der Waals surface area contributed by atoms with Crippen LogP contribution < -0.4 is 21.3 Å². The zero-order valence-electron chi connectivity index (χ0n) is 20.3. The normalized spacial score (nSPS) is 10.9. The van der Waals surface area contributed by atoms with Crippen molar-refractivity contribution >= 4 is 34.8 Å². The Bertz CT molecular complexity index is 1470. The van der Waals surface area contributed by atoms with Crippen molar-refractivity contribution in [2.45, 2.75) is 12.7 Å². The van der Waals surface area contributed by atoms with Gasteiger partial charge >= 0.3 is 6.18 Å². The summed E-state index contributed by atoms with van der Waals surface area (Å²) < 4.78 is 44.0. The molecule has 11 heteroatoms. The predicted molar refractivity (Wildman–Crippen MR) is 139 cm³/mol. The third-order valence-electron chi connectivity index (χ3n) is 5.44. The van der Waals surface area contributed by atoms with Crippen LogP contribution in [0.2, 0.25) is 0 Å². The summed E-state index contributed by atoms with van der Waals surface area (Å²) in [6, 6.07) is 20.4. The summed E-state index contributed by atoms with van der Waals surface area (Å²) in [4.78, 5) is 37.4. The van der Waals surface area contributed by atoms with E-state index in [0.717, 1.165) is 12.1 Å². The van der Waals surface area contributed by atoms with Crippen LogP contribution >= 0.6 is 0 Å². The molecule has 0 fully saturated rings. The lowest BCUT2D eigenvalue weighted by molar-refractivity contribution is -0.137. The van der Waals surface area contributed by atoms with Crippen LogP contribution in [0.25, 0.3) is 0 Å². The van der Waals surface area contributed by atoms with Crippen molar-refractivity contribution in [3.8, 4) is 0 Å². The summed E-state index contributed by atoms with van der Waals surface area (Å²) >= 11 is 0. The van der Waals surface area contributed by atoms with Crippen molar-refractivity contribution in [3.05, 3.63) is 114 Å². The van der Waals surface area contributed by atoms with Gasteiger partial charge in [-0.15, -0.1) is 0 Å². The van der Waals surface area contributed by atoms with E-state index in [1.54, 1.807) is 42.5 Å². The lowest BCUT2D eigenvalue weighted by Gasteiger charge is -2.11. The van der Waals surface area contributed by atoms with Crippen LogP contribution in [0.5, 0.6) is 0 Å². The molecule has 39 heavy (non-hydrogen) atoms. The predicted octanol–water partition coefficient (Wildman–Crippen LogP) is 5.53. The zero-order valence-corrected chi connectivity index (χ0v) is 20.3. The number of carbonyl (C=O) groups is 3. The van der Waals surface area contributed by atoms with E-state index in [-0.39, 0.29) is 30.2 Å². The zero-order chi connectivity index (χ0) is 27.8. The number of hydrogen-bond donors (Lipinski definition) is 4. The van der Waals surface area contributed by atoms with E-state index in [9.17, 15) is 27.6 Å². The number of hydrogen-bond acceptors (Lipinski definition) is 5. The summed E-state index contributed by atoms with van der Waals surface area (Å²) in [5.41, 5.74) is 0.540. The van der Waals surface area contributed by atoms with Gasteiger partial charge in [0, 0.05) is 28.2 Å². The van der Waals surface area contributed by atoms with Crippen LogP contribution in [-0.4, -0.2) is 24.3 Å². The Kier molecular flexibility index (Phi) is 8.30. The van der Waals surface area contributed by atoms with Crippen molar-refractivity contribution in [2.24, 2.45) is 0 Å². The van der Waals surface area contributed by atoms with Gasteiger partial charge in [-0.25, -0.2) is 0 Å². The fraction of sp³-hybridized carbons (Fsp3) is 0.107. The Labute approximate surface area is 221 Å². The van der Waals surface area contributed by atoms with Crippen LogP contribution in [0.1, 0.15) is 32.0 Å². The van der Waals surface area contributed by atoms with Crippen LogP contribution in [0.3, 0.4) is 0 Å². The number of carbonyl (C=O) groups excluding carboxylic acids is 3. The van der Waals surface area contributed by atoms with Crippen LogP contribution in [0.4, 0.5) is 30.2 Å². The standard InChI is InChI=1S/C28H23F3N4O4/c29-28(30,31)20-7-3-10-23(15-20)35-27(38)19-6-1-8-21(13-19)32-17-25(36)34-22-9-2-5-18(14-22)26(37)33-16-24-11-4-12-39-24/h1-15,32H,16-17H2,(H,33,37)(H,34,36)(H,35,38). The van der Waals surface area contributed by atoms with Crippen molar-refractivity contribution < 1.29 is 32.0 Å². The molecule has 0 bridgehead atoms. The van der Waals surface area contributed by atoms with Crippen LogP contribution in [0.15, 0.2) is 95.6 Å². The van der Waals surface area contributed by atoms with E-state index >= 15 is 0 Å². The molecule has 0 atom stereocenters. The first-order chi connectivity index (χ1) is 18.7. The lowest BCUT2D eigenvalue weighted by Crippen LogP contribution is -2.24. The molecule has 200 valence electrons. The molecule has 4 N–H and O–H groups in total. The van der Waals surface area contributed by atoms with Crippen LogP contribution in [0, 0.1) is 0 Å². The molecule has 0 aliphatic heterocycles. The van der Waals surface area contributed by atoms with Gasteiger partial charge in [-0.2, -0.15) is 13.2 Å². The van der Waals surface area contributed by atoms with Crippen molar-refractivity contribution in [2.75, 3.05) is 22.5 Å². The topological polar surface area (TPSA) is 112 Å².